The molecule has 1 aromatic heterocycles. The first kappa shape index (κ1) is 18.8. The van der Waals surface area contributed by atoms with Crippen LogP contribution in [0.25, 0.3) is 0 Å². The number of carbonyl (C=O) groups excluding carboxylic acids is 2. The van der Waals surface area contributed by atoms with E-state index in [-0.39, 0.29) is 18.3 Å². The van der Waals surface area contributed by atoms with Gasteiger partial charge in [-0.05, 0) is 19.4 Å². The lowest BCUT2D eigenvalue weighted by Gasteiger charge is -2.28. The van der Waals surface area contributed by atoms with Gasteiger partial charge in [0.2, 0.25) is 5.91 Å². The molecule has 0 spiro atoms. The minimum atomic E-state index is -1.01. The molecular formula is C12H21ClN4O2S. The predicted molar refractivity (Wildman–Crippen MR) is 82.1 cm³/mol. The van der Waals surface area contributed by atoms with Crippen molar-refractivity contribution in [1.82, 2.24) is 10.3 Å². The third-order valence-corrected chi connectivity index (χ3v) is 4.08. The van der Waals surface area contributed by atoms with E-state index in [0.717, 1.165) is 5.01 Å². The lowest BCUT2D eigenvalue weighted by atomic mass is 9.92. The fourth-order valence-corrected chi connectivity index (χ4v) is 2.57. The van der Waals surface area contributed by atoms with Crippen LogP contribution in [0.3, 0.4) is 0 Å². The van der Waals surface area contributed by atoms with Crippen molar-refractivity contribution in [3.05, 3.63) is 16.1 Å². The van der Waals surface area contributed by atoms with E-state index >= 15 is 0 Å². The van der Waals surface area contributed by atoms with Crippen LogP contribution < -0.4 is 16.8 Å². The average molecular weight is 321 g/mol. The number of amides is 2. The van der Waals surface area contributed by atoms with Gasteiger partial charge in [0.05, 0.1) is 5.01 Å². The molecule has 0 atom stereocenters. The molecule has 0 saturated carbocycles. The molecule has 20 heavy (non-hydrogen) atoms. The Morgan fingerprint density at radius 1 is 1.40 bits per heavy atom. The number of carbonyl (C=O) groups is 2. The molecule has 0 unspecified atom stereocenters. The number of nitrogens with one attached hydrogen (secondary N) is 1. The molecule has 0 aliphatic heterocycles. The number of thiazole rings is 1. The SMILES string of the molecule is CCC(CC)(NC(=O)c1csc(CCN)n1)C(N)=O.Cl. The van der Waals surface area contributed by atoms with Crippen molar-refractivity contribution in [3.63, 3.8) is 0 Å². The maximum atomic E-state index is 12.1. The summed E-state index contributed by atoms with van der Waals surface area (Å²) < 4.78 is 0. The van der Waals surface area contributed by atoms with Crippen LogP contribution in [0.5, 0.6) is 0 Å². The number of halogens is 1. The fourth-order valence-electron chi connectivity index (χ4n) is 1.77. The van der Waals surface area contributed by atoms with Crippen molar-refractivity contribution < 1.29 is 9.59 Å². The number of aromatic nitrogens is 1. The summed E-state index contributed by atoms with van der Waals surface area (Å²) in [6.07, 6.45) is 1.54. The Bertz CT molecular complexity index is 460. The molecule has 0 fully saturated rings. The summed E-state index contributed by atoms with van der Waals surface area (Å²) in [6, 6.07) is 0. The predicted octanol–water partition coefficient (Wildman–Crippen LogP) is 0.840. The summed E-state index contributed by atoms with van der Waals surface area (Å²) in [5.41, 5.74) is 10.1. The first-order chi connectivity index (χ1) is 8.99. The van der Waals surface area contributed by atoms with Crippen LogP contribution in [0.1, 0.15) is 42.2 Å². The molecule has 0 bridgehead atoms. The minimum Gasteiger partial charge on any atom is -0.368 e. The molecule has 0 aromatic carbocycles. The number of hydrogen-bond donors (Lipinski definition) is 3. The Hall–Kier alpha value is -1.18. The molecule has 5 N–H and O–H groups in total. The molecule has 0 saturated heterocycles. The van der Waals surface area contributed by atoms with Crippen molar-refractivity contribution in [2.45, 2.75) is 38.6 Å². The van der Waals surface area contributed by atoms with E-state index in [4.69, 9.17) is 11.5 Å². The zero-order valence-electron chi connectivity index (χ0n) is 11.6. The zero-order chi connectivity index (χ0) is 14.5. The van der Waals surface area contributed by atoms with Crippen LogP contribution in [0, 0.1) is 0 Å². The van der Waals surface area contributed by atoms with Crippen LogP contribution in [0.4, 0.5) is 0 Å². The monoisotopic (exact) mass is 320 g/mol. The number of rotatable bonds is 7. The second kappa shape index (κ2) is 8.18. The fraction of sp³-hybridized carbons (Fsp3) is 0.583. The van der Waals surface area contributed by atoms with Crippen molar-refractivity contribution >= 4 is 35.6 Å². The van der Waals surface area contributed by atoms with E-state index in [2.05, 4.69) is 10.3 Å². The molecule has 1 heterocycles. The highest BCUT2D eigenvalue weighted by Gasteiger charge is 2.35. The van der Waals surface area contributed by atoms with Gasteiger partial charge in [0.15, 0.2) is 0 Å². The Morgan fingerprint density at radius 2 is 2.00 bits per heavy atom. The van der Waals surface area contributed by atoms with Gasteiger partial charge < -0.3 is 16.8 Å². The number of nitrogens with zero attached hydrogens (tertiary/aromatic N) is 1. The van der Waals surface area contributed by atoms with Gasteiger partial charge in [-0.2, -0.15) is 0 Å². The molecule has 1 rings (SSSR count). The standard InChI is InChI=1S/C12H20N4O2S.ClH/c1-3-12(4-2,11(14)18)16-10(17)8-7-19-9(15-8)5-6-13;/h7H,3-6,13H2,1-2H3,(H2,14,18)(H,16,17);1H. The normalized spacial score (nSPS) is 10.8. The molecule has 0 radical (unpaired) electrons. The summed E-state index contributed by atoms with van der Waals surface area (Å²) in [6.45, 7) is 4.12. The summed E-state index contributed by atoms with van der Waals surface area (Å²) in [7, 11) is 0. The Morgan fingerprint density at radius 3 is 2.45 bits per heavy atom. The topological polar surface area (TPSA) is 111 Å². The van der Waals surface area contributed by atoms with Gasteiger partial charge in [0.25, 0.3) is 5.91 Å². The summed E-state index contributed by atoms with van der Waals surface area (Å²) in [5, 5.41) is 5.18. The van der Waals surface area contributed by atoms with Crippen LogP contribution in [-0.2, 0) is 11.2 Å². The molecule has 8 heteroatoms. The summed E-state index contributed by atoms with van der Waals surface area (Å²) in [4.78, 5) is 27.8. The van der Waals surface area contributed by atoms with Gasteiger partial charge in [0.1, 0.15) is 11.2 Å². The quantitative estimate of drug-likeness (QED) is 0.691. The van der Waals surface area contributed by atoms with Gasteiger partial charge in [-0.1, -0.05) is 13.8 Å². The Labute approximate surface area is 128 Å². The van der Waals surface area contributed by atoms with Crippen molar-refractivity contribution in [2.24, 2.45) is 11.5 Å². The van der Waals surface area contributed by atoms with E-state index in [1.54, 1.807) is 5.38 Å². The Balaban J connectivity index is 0.00000361. The third-order valence-electron chi connectivity index (χ3n) is 3.17. The van der Waals surface area contributed by atoms with Gasteiger partial charge in [0, 0.05) is 11.8 Å². The first-order valence-corrected chi connectivity index (χ1v) is 7.14. The minimum absolute atomic E-state index is 0. The van der Waals surface area contributed by atoms with Crippen LogP contribution in [0.15, 0.2) is 5.38 Å². The Kier molecular flexibility index (Phi) is 7.70. The molecular weight excluding hydrogens is 300 g/mol. The van der Waals surface area contributed by atoms with Crippen LogP contribution in [0.2, 0.25) is 0 Å². The second-order valence-corrected chi connectivity index (χ2v) is 5.22. The highest BCUT2D eigenvalue weighted by molar-refractivity contribution is 7.09. The highest BCUT2D eigenvalue weighted by atomic mass is 35.5. The average Bonchev–Trinajstić information content (AvgIpc) is 2.84. The summed E-state index contributed by atoms with van der Waals surface area (Å²) >= 11 is 1.38. The van der Waals surface area contributed by atoms with Crippen molar-refractivity contribution in [2.75, 3.05) is 6.54 Å². The van der Waals surface area contributed by atoms with Gasteiger partial charge in [-0.15, -0.1) is 23.7 Å². The van der Waals surface area contributed by atoms with E-state index in [1.165, 1.54) is 11.3 Å². The van der Waals surface area contributed by atoms with Gasteiger partial charge >= 0.3 is 0 Å². The molecule has 0 aliphatic carbocycles. The van der Waals surface area contributed by atoms with Gasteiger partial charge in [-0.3, -0.25) is 9.59 Å². The molecule has 114 valence electrons. The first-order valence-electron chi connectivity index (χ1n) is 6.26. The van der Waals surface area contributed by atoms with Crippen LogP contribution in [-0.4, -0.2) is 28.9 Å². The van der Waals surface area contributed by atoms with Crippen molar-refractivity contribution in [1.29, 1.82) is 0 Å². The maximum Gasteiger partial charge on any atom is 0.271 e. The lowest BCUT2D eigenvalue weighted by Crippen LogP contribution is -2.56. The van der Waals surface area contributed by atoms with E-state index in [1.807, 2.05) is 13.8 Å². The van der Waals surface area contributed by atoms with E-state index in [9.17, 15) is 9.59 Å². The second-order valence-electron chi connectivity index (χ2n) is 4.27. The molecule has 1 aromatic rings. The van der Waals surface area contributed by atoms with Gasteiger partial charge in [-0.25, -0.2) is 4.98 Å². The number of hydrogen-bond acceptors (Lipinski definition) is 5. The van der Waals surface area contributed by atoms with E-state index < -0.39 is 11.4 Å². The number of primary amides is 1. The largest absolute Gasteiger partial charge is 0.368 e. The summed E-state index contributed by atoms with van der Waals surface area (Å²) in [5.74, 6) is -0.898. The third kappa shape index (κ3) is 4.16. The molecule has 2 amide bonds. The highest BCUT2D eigenvalue weighted by Crippen LogP contribution is 2.17. The molecule has 0 aliphatic rings. The lowest BCUT2D eigenvalue weighted by molar-refractivity contribution is -0.124. The smallest absolute Gasteiger partial charge is 0.271 e. The molecule has 6 nitrogen and oxygen atoms in total. The van der Waals surface area contributed by atoms with Crippen molar-refractivity contribution in [3.8, 4) is 0 Å². The van der Waals surface area contributed by atoms with E-state index in [0.29, 0.717) is 31.5 Å². The zero-order valence-corrected chi connectivity index (χ0v) is 13.3. The van der Waals surface area contributed by atoms with Crippen LogP contribution >= 0.6 is 23.7 Å². The maximum absolute atomic E-state index is 12.1. The number of nitrogens with two attached hydrogens (primary N) is 2.